The monoisotopic (exact) mass is 235 g/mol. The molecular weight excluding hydrogens is 222 g/mol. The molecule has 1 heterocycles. The second-order valence-corrected chi connectivity index (χ2v) is 3.19. The van der Waals surface area contributed by atoms with Crippen LogP contribution in [0.2, 0.25) is 0 Å². The number of carbonyl (C=O) groups excluding carboxylic acids is 1. The molecule has 1 amide bonds. The smallest absolute Gasteiger partial charge is 0.243 e. The molecule has 1 aromatic rings. The maximum Gasteiger partial charge on any atom is 0.243 e. The number of ether oxygens (including phenoxy) is 1. The van der Waals surface area contributed by atoms with Crippen molar-refractivity contribution in [3.63, 3.8) is 0 Å². The molecule has 0 fully saturated rings. The fourth-order valence-electron chi connectivity index (χ4n) is 1.08. The van der Waals surface area contributed by atoms with Crippen molar-refractivity contribution in [2.75, 3.05) is 30.8 Å². The Morgan fingerprint density at radius 3 is 3.00 bits per heavy atom. The molecule has 17 heavy (non-hydrogen) atoms. The number of aromatic nitrogens is 1. The Morgan fingerprint density at radius 2 is 2.35 bits per heavy atom. The predicted octanol–water partition coefficient (Wildman–Crippen LogP) is -0.551. The standard InChI is InChI=1S/C10H13N5O2/c11-5-8-7(12)1-2-10(15-8)14-3-4-17-6-9(13)16/h1-2H,3-4,6,12H2,(H2,13,16)(H,14,15). The van der Waals surface area contributed by atoms with Crippen LogP contribution in [0.3, 0.4) is 0 Å². The molecule has 0 aromatic carbocycles. The van der Waals surface area contributed by atoms with Gasteiger partial charge in [-0.05, 0) is 12.1 Å². The first-order valence-electron chi connectivity index (χ1n) is 4.90. The van der Waals surface area contributed by atoms with Gasteiger partial charge in [0.25, 0.3) is 0 Å². The van der Waals surface area contributed by atoms with E-state index in [1.807, 2.05) is 6.07 Å². The molecule has 5 N–H and O–H groups in total. The number of primary amides is 1. The summed E-state index contributed by atoms with van der Waals surface area (Å²) < 4.78 is 4.94. The number of hydrogen-bond acceptors (Lipinski definition) is 6. The number of rotatable bonds is 6. The highest BCUT2D eigenvalue weighted by Gasteiger charge is 2.01. The minimum atomic E-state index is -0.512. The Hall–Kier alpha value is -2.33. The first-order chi connectivity index (χ1) is 8.13. The van der Waals surface area contributed by atoms with E-state index < -0.39 is 5.91 Å². The van der Waals surface area contributed by atoms with E-state index in [2.05, 4.69) is 10.3 Å². The first kappa shape index (κ1) is 12.7. The maximum absolute atomic E-state index is 10.4. The van der Waals surface area contributed by atoms with Crippen LogP contribution in [0.4, 0.5) is 11.5 Å². The van der Waals surface area contributed by atoms with Gasteiger partial charge in [0.2, 0.25) is 5.91 Å². The minimum absolute atomic E-state index is 0.111. The second kappa shape index (κ2) is 6.30. The highest BCUT2D eigenvalue weighted by atomic mass is 16.5. The SMILES string of the molecule is N#Cc1nc(NCCOCC(N)=O)ccc1N. The van der Waals surface area contributed by atoms with Gasteiger partial charge in [-0.3, -0.25) is 4.79 Å². The molecule has 90 valence electrons. The number of nitriles is 1. The van der Waals surface area contributed by atoms with E-state index >= 15 is 0 Å². The fraction of sp³-hybridized carbons (Fsp3) is 0.300. The molecule has 7 heteroatoms. The van der Waals surface area contributed by atoms with Crippen LogP contribution in [0.5, 0.6) is 0 Å². The molecule has 0 saturated carbocycles. The van der Waals surface area contributed by atoms with E-state index in [1.54, 1.807) is 12.1 Å². The summed E-state index contributed by atoms with van der Waals surface area (Å²) in [6, 6.07) is 5.14. The molecule has 7 nitrogen and oxygen atoms in total. The van der Waals surface area contributed by atoms with Crippen LogP contribution < -0.4 is 16.8 Å². The van der Waals surface area contributed by atoms with E-state index in [0.29, 0.717) is 24.7 Å². The quantitative estimate of drug-likeness (QED) is 0.567. The molecule has 0 atom stereocenters. The van der Waals surface area contributed by atoms with Gasteiger partial charge in [-0.1, -0.05) is 0 Å². The van der Waals surface area contributed by atoms with Crippen molar-refractivity contribution >= 4 is 17.4 Å². The number of carbonyl (C=O) groups is 1. The first-order valence-corrected chi connectivity index (χ1v) is 4.90. The molecule has 0 radical (unpaired) electrons. The van der Waals surface area contributed by atoms with Crippen molar-refractivity contribution in [1.82, 2.24) is 4.98 Å². The van der Waals surface area contributed by atoms with Crippen molar-refractivity contribution in [2.24, 2.45) is 5.73 Å². The molecular formula is C10H13N5O2. The second-order valence-electron chi connectivity index (χ2n) is 3.19. The summed E-state index contributed by atoms with van der Waals surface area (Å²) in [5, 5.41) is 11.6. The predicted molar refractivity (Wildman–Crippen MR) is 61.9 cm³/mol. The zero-order chi connectivity index (χ0) is 12.7. The van der Waals surface area contributed by atoms with Gasteiger partial charge in [0.05, 0.1) is 12.3 Å². The Kier molecular flexibility index (Phi) is 4.72. The van der Waals surface area contributed by atoms with E-state index in [4.69, 9.17) is 21.5 Å². The number of anilines is 2. The minimum Gasteiger partial charge on any atom is -0.396 e. The van der Waals surface area contributed by atoms with Gasteiger partial charge in [-0.25, -0.2) is 4.98 Å². The summed E-state index contributed by atoms with van der Waals surface area (Å²) in [5.74, 6) is 0.0146. The normalized spacial score (nSPS) is 9.59. The lowest BCUT2D eigenvalue weighted by molar-refractivity contribution is -0.122. The molecule has 1 rings (SSSR count). The van der Waals surface area contributed by atoms with Crippen LogP contribution in [0.1, 0.15) is 5.69 Å². The number of pyridine rings is 1. The van der Waals surface area contributed by atoms with Crippen LogP contribution in [0.15, 0.2) is 12.1 Å². The van der Waals surface area contributed by atoms with Crippen LogP contribution in [0.25, 0.3) is 0 Å². The summed E-state index contributed by atoms with van der Waals surface area (Å²) in [5.41, 5.74) is 10.9. The lowest BCUT2D eigenvalue weighted by Crippen LogP contribution is -2.20. The average molecular weight is 235 g/mol. The maximum atomic E-state index is 10.4. The van der Waals surface area contributed by atoms with Crippen molar-refractivity contribution in [3.8, 4) is 6.07 Å². The third kappa shape index (κ3) is 4.36. The highest BCUT2D eigenvalue weighted by Crippen LogP contribution is 2.11. The number of nitrogens with one attached hydrogen (secondary N) is 1. The number of amides is 1. The zero-order valence-electron chi connectivity index (χ0n) is 9.14. The van der Waals surface area contributed by atoms with Crippen molar-refractivity contribution in [3.05, 3.63) is 17.8 Å². The van der Waals surface area contributed by atoms with Crippen LogP contribution in [0, 0.1) is 11.3 Å². The Balaban J connectivity index is 2.37. The molecule has 0 spiro atoms. The Bertz CT molecular complexity index is 441. The van der Waals surface area contributed by atoms with E-state index in [1.165, 1.54) is 0 Å². The molecule has 0 aliphatic heterocycles. The largest absolute Gasteiger partial charge is 0.396 e. The van der Waals surface area contributed by atoms with E-state index in [9.17, 15) is 4.79 Å². The molecule has 0 aliphatic carbocycles. The average Bonchev–Trinajstić information content (AvgIpc) is 2.30. The summed E-state index contributed by atoms with van der Waals surface area (Å²) >= 11 is 0. The van der Waals surface area contributed by atoms with Crippen molar-refractivity contribution in [1.29, 1.82) is 5.26 Å². The van der Waals surface area contributed by atoms with Gasteiger partial charge in [0.15, 0.2) is 5.69 Å². The Morgan fingerprint density at radius 1 is 1.59 bits per heavy atom. The summed E-state index contributed by atoms with van der Waals surface area (Å²) in [6.45, 7) is 0.659. The number of nitrogens with zero attached hydrogens (tertiary/aromatic N) is 2. The van der Waals surface area contributed by atoms with Gasteiger partial charge >= 0.3 is 0 Å². The molecule has 0 unspecified atom stereocenters. The zero-order valence-corrected chi connectivity index (χ0v) is 9.14. The van der Waals surface area contributed by atoms with Crippen LogP contribution in [-0.2, 0) is 9.53 Å². The topological polar surface area (TPSA) is 127 Å². The summed E-state index contributed by atoms with van der Waals surface area (Å²) in [4.78, 5) is 14.3. The number of nitrogens with two attached hydrogens (primary N) is 2. The summed E-state index contributed by atoms with van der Waals surface area (Å²) in [6.07, 6.45) is 0. The molecule has 0 aliphatic rings. The van der Waals surface area contributed by atoms with Crippen LogP contribution in [-0.4, -0.2) is 30.6 Å². The van der Waals surface area contributed by atoms with Crippen LogP contribution >= 0.6 is 0 Å². The van der Waals surface area contributed by atoms with E-state index in [-0.39, 0.29) is 12.3 Å². The Labute approximate surface area is 98.4 Å². The van der Waals surface area contributed by atoms with Gasteiger partial charge in [0.1, 0.15) is 18.5 Å². The lowest BCUT2D eigenvalue weighted by atomic mass is 10.3. The number of nitrogen functional groups attached to an aromatic ring is 1. The lowest BCUT2D eigenvalue weighted by Gasteiger charge is -2.06. The summed E-state index contributed by atoms with van der Waals surface area (Å²) in [7, 11) is 0. The van der Waals surface area contributed by atoms with Gasteiger partial charge in [0, 0.05) is 6.54 Å². The fourth-order valence-corrected chi connectivity index (χ4v) is 1.08. The van der Waals surface area contributed by atoms with Crippen molar-refractivity contribution in [2.45, 2.75) is 0 Å². The van der Waals surface area contributed by atoms with Gasteiger partial charge < -0.3 is 21.5 Å². The third-order valence-electron chi connectivity index (χ3n) is 1.83. The molecule has 0 saturated heterocycles. The van der Waals surface area contributed by atoms with Gasteiger partial charge in [-0.15, -0.1) is 0 Å². The van der Waals surface area contributed by atoms with E-state index in [0.717, 1.165) is 0 Å². The molecule has 1 aromatic heterocycles. The number of hydrogen-bond donors (Lipinski definition) is 3. The van der Waals surface area contributed by atoms with Gasteiger partial charge in [-0.2, -0.15) is 5.26 Å². The van der Waals surface area contributed by atoms with Crippen molar-refractivity contribution < 1.29 is 9.53 Å². The third-order valence-corrected chi connectivity index (χ3v) is 1.83. The molecule has 0 bridgehead atoms. The highest BCUT2D eigenvalue weighted by molar-refractivity contribution is 5.74.